The van der Waals surface area contributed by atoms with E-state index in [0.717, 1.165) is 6.54 Å². The summed E-state index contributed by atoms with van der Waals surface area (Å²) in [4.78, 5) is 12.9. The highest BCUT2D eigenvalue weighted by molar-refractivity contribution is 5.77. The Hall–Kier alpha value is -1.35. The van der Waals surface area contributed by atoms with Crippen LogP contribution in [0, 0.1) is 0 Å². The molecule has 0 aliphatic heterocycles. The number of carbonyl (C=O) groups excluding carboxylic acids is 1. The van der Waals surface area contributed by atoms with Crippen LogP contribution in [0.25, 0.3) is 0 Å². The summed E-state index contributed by atoms with van der Waals surface area (Å²) >= 11 is 0. The minimum atomic E-state index is 0.111. The topological polar surface area (TPSA) is 32.3 Å². The van der Waals surface area contributed by atoms with Gasteiger partial charge in [0.2, 0.25) is 5.91 Å². The number of hydrogen-bond acceptors (Lipinski definition) is 2. The molecule has 0 fully saturated rings. The Morgan fingerprint density at radius 3 is 2.50 bits per heavy atom. The van der Waals surface area contributed by atoms with Crippen molar-refractivity contribution in [3.63, 3.8) is 0 Å². The molecule has 1 atom stereocenters. The SMILES string of the molecule is CC(CNCC(=O)N(C)C)c1ccccc1. The molecule has 0 aliphatic rings. The Labute approximate surface area is 97.5 Å². The van der Waals surface area contributed by atoms with E-state index in [-0.39, 0.29) is 5.91 Å². The molecule has 3 heteroatoms. The van der Waals surface area contributed by atoms with Crippen molar-refractivity contribution in [3.8, 4) is 0 Å². The van der Waals surface area contributed by atoms with Crippen LogP contribution >= 0.6 is 0 Å². The van der Waals surface area contributed by atoms with Gasteiger partial charge in [-0.05, 0) is 11.5 Å². The van der Waals surface area contributed by atoms with Gasteiger partial charge < -0.3 is 10.2 Å². The van der Waals surface area contributed by atoms with Gasteiger partial charge in [0.1, 0.15) is 0 Å². The molecule has 1 rings (SSSR count). The van der Waals surface area contributed by atoms with E-state index in [4.69, 9.17) is 0 Å². The van der Waals surface area contributed by atoms with Crippen LogP contribution in [0.4, 0.5) is 0 Å². The summed E-state index contributed by atoms with van der Waals surface area (Å²) < 4.78 is 0. The number of hydrogen-bond donors (Lipinski definition) is 1. The molecule has 1 amide bonds. The summed E-state index contributed by atoms with van der Waals surface area (Å²) in [7, 11) is 3.54. The van der Waals surface area contributed by atoms with Crippen molar-refractivity contribution in [1.29, 1.82) is 0 Å². The first kappa shape index (κ1) is 12.7. The fourth-order valence-electron chi connectivity index (χ4n) is 1.45. The first-order valence-electron chi connectivity index (χ1n) is 5.57. The van der Waals surface area contributed by atoms with E-state index in [1.54, 1.807) is 19.0 Å². The van der Waals surface area contributed by atoms with Crippen molar-refractivity contribution in [2.45, 2.75) is 12.8 Å². The fourth-order valence-corrected chi connectivity index (χ4v) is 1.45. The van der Waals surface area contributed by atoms with E-state index in [2.05, 4.69) is 24.4 Å². The van der Waals surface area contributed by atoms with Crippen LogP contribution in [0.1, 0.15) is 18.4 Å². The van der Waals surface area contributed by atoms with Crippen molar-refractivity contribution >= 4 is 5.91 Å². The largest absolute Gasteiger partial charge is 0.348 e. The summed E-state index contributed by atoms with van der Waals surface area (Å²) in [6, 6.07) is 10.3. The maximum absolute atomic E-state index is 11.3. The van der Waals surface area contributed by atoms with Crippen molar-refractivity contribution < 1.29 is 4.79 Å². The molecule has 0 saturated carbocycles. The van der Waals surface area contributed by atoms with Crippen molar-refractivity contribution in [2.24, 2.45) is 0 Å². The first-order valence-corrected chi connectivity index (χ1v) is 5.57. The van der Waals surface area contributed by atoms with Crippen molar-refractivity contribution in [3.05, 3.63) is 35.9 Å². The predicted octanol–water partition coefficient (Wildman–Crippen LogP) is 1.47. The number of amides is 1. The van der Waals surface area contributed by atoms with Crippen molar-refractivity contribution in [1.82, 2.24) is 10.2 Å². The lowest BCUT2D eigenvalue weighted by Gasteiger charge is -2.14. The Morgan fingerprint density at radius 1 is 1.31 bits per heavy atom. The van der Waals surface area contributed by atoms with E-state index in [1.165, 1.54) is 5.56 Å². The zero-order valence-electron chi connectivity index (χ0n) is 10.2. The Balaban J connectivity index is 2.31. The lowest BCUT2D eigenvalue weighted by molar-refractivity contribution is -0.127. The Morgan fingerprint density at radius 2 is 1.94 bits per heavy atom. The summed E-state index contributed by atoms with van der Waals surface area (Å²) in [5.41, 5.74) is 1.30. The molecule has 0 aliphatic carbocycles. The van der Waals surface area contributed by atoms with E-state index in [0.29, 0.717) is 12.5 Å². The molecule has 1 N–H and O–H groups in total. The minimum Gasteiger partial charge on any atom is -0.348 e. The summed E-state index contributed by atoms with van der Waals surface area (Å²) in [6.07, 6.45) is 0. The normalized spacial score (nSPS) is 12.2. The van der Waals surface area contributed by atoms with E-state index in [1.807, 2.05) is 18.2 Å². The molecule has 1 aromatic carbocycles. The van der Waals surface area contributed by atoms with Gasteiger partial charge >= 0.3 is 0 Å². The average molecular weight is 220 g/mol. The maximum atomic E-state index is 11.3. The van der Waals surface area contributed by atoms with E-state index >= 15 is 0 Å². The standard InChI is InChI=1S/C13H20N2O/c1-11(12-7-5-4-6-8-12)9-14-10-13(16)15(2)3/h4-8,11,14H,9-10H2,1-3H3. The Bertz CT molecular complexity index is 322. The Kier molecular flexibility index (Phi) is 4.99. The van der Waals surface area contributed by atoms with Gasteiger partial charge in [-0.1, -0.05) is 37.3 Å². The van der Waals surface area contributed by atoms with Crippen LogP contribution in [-0.4, -0.2) is 38.0 Å². The fraction of sp³-hybridized carbons (Fsp3) is 0.462. The monoisotopic (exact) mass is 220 g/mol. The molecule has 0 heterocycles. The van der Waals surface area contributed by atoms with Gasteiger partial charge in [0.25, 0.3) is 0 Å². The van der Waals surface area contributed by atoms with Gasteiger partial charge in [-0.3, -0.25) is 4.79 Å². The summed E-state index contributed by atoms with van der Waals surface area (Å²) in [5.74, 6) is 0.538. The molecule has 0 aromatic heterocycles. The molecule has 1 aromatic rings. The second-order valence-electron chi connectivity index (χ2n) is 4.23. The maximum Gasteiger partial charge on any atom is 0.236 e. The molecule has 0 spiro atoms. The zero-order chi connectivity index (χ0) is 12.0. The first-order chi connectivity index (χ1) is 7.61. The average Bonchev–Trinajstić information content (AvgIpc) is 2.29. The highest BCUT2D eigenvalue weighted by atomic mass is 16.2. The lowest BCUT2D eigenvalue weighted by Crippen LogP contribution is -2.34. The minimum absolute atomic E-state index is 0.111. The molecule has 16 heavy (non-hydrogen) atoms. The van der Waals surface area contributed by atoms with Crippen LogP contribution < -0.4 is 5.32 Å². The number of benzene rings is 1. The number of likely N-dealkylation sites (N-methyl/N-ethyl adjacent to an activating group) is 1. The summed E-state index contributed by atoms with van der Waals surface area (Å²) in [5, 5.41) is 3.17. The predicted molar refractivity (Wildman–Crippen MR) is 66.4 cm³/mol. The van der Waals surface area contributed by atoms with Gasteiger partial charge in [0.05, 0.1) is 6.54 Å². The number of nitrogens with one attached hydrogen (secondary N) is 1. The quantitative estimate of drug-likeness (QED) is 0.815. The number of carbonyl (C=O) groups is 1. The second-order valence-corrected chi connectivity index (χ2v) is 4.23. The van der Waals surface area contributed by atoms with E-state index in [9.17, 15) is 4.79 Å². The van der Waals surface area contributed by atoms with Gasteiger partial charge in [-0.25, -0.2) is 0 Å². The third-order valence-corrected chi connectivity index (χ3v) is 2.59. The van der Waals surface area contributed by atoms with Crippen LogP contribution in [0.3, 0.4) is 0 Å². The van der Waals surface area contributed by atoms with Gasteiger partial charge in [0, 0.05) is 20.6 Å². The van der Waals surface area contributed by atoms with Gasteiger partial charge in [-0.2, -0.15) is 0 Å². The van der Waals surface area contributed by atoms with Crippen LogP contribution in [-0.2, 0) is 4.79 Å². The molecule has 0 radical (unpaired) electrons. The van der Waals surface area contributed by atoms with Crippen LogP contribution in [0.5, 0.6) is 0 Å². The molecular weight excluding hydrogens is 200 g/mol. The number of nitrogens with zero attached hydrogens (tertiary/aromatic N) is 1. The van der Waals surface area contributed by atoms with Crippen molar-refractivity contribution in [2.75, 3.05) is 27.2 Å². The van der Waals surface area contributed by atoms with Crippen LogP contribution in [0.2, 0.25) is 0 Å². The molecule has 3 nitrogen and oxygen atoms in total. The third-order valence-electron chi connectivity index (χ3n) is 2.59. The molecule has 0 saturated heterocycles. The highest BCUT2D eigenvalue weighted by Crippen LogP contribution is 2.12. The molecule has 88 valence electrons. The van der Waals surface area contributed by atoms with Gasteiger partial charge in [0.15, 0.2) is 0 Å². The van der Waals surface area contributed by atoms with E-state index < -0.39 is 0 Å². The summed E-state index contributed by atoms with van der Waals surface area (Å²) in [6.45, 7) is 3.39. The van der Waals surface area contributed by atoms with Gasteiger partial charge in [-0.15, -0.1) is 0 Å². The third kappa shape index (κ3) is 4.03. The number of rotatable bonds is 5. The molecular formula is C13H20N2O. The lowest BCUT2D eigenvalue weighted by atomic mass is 10.0. The zero-order valence-corrected chi connectivity index (χ0v) is 10.2. The smallest absolute Gasteiger partial charge is 0.236 e. The molecule has 1 unspecified atom stereocenters. The highest BCUT2D eigenvalue weighted by Gasteiger charge is 2.06. The molecule has 0 bridgehead atoms. The van der Waals surface area contributed by atoms with Crippen LogP contribution in [0.15, 0.2) is 30.3 Å². The second kappa shape index (κ2) is 6.28.